The zero-order chi connectivity index (χ0) is 11.4. The predicted molar refractivity (Wildman–Crippen MR) is 58.9 cm³/mol. The number of rotatable bonds is 3. The number of carbonyl (C=O) groups excluding carboxylic acids is 1. The van der Waals surface area contributed by atoms with Gasteiger partial charge in [0.05, 0.1) is 12.2 Å². The number of hydrogen-bond donors (Lipinski definition) is 1. The molecule has 4 heteroatoms. The summed E-state index contributed by atoms with van der Waals surface area (Å²) in [5.41, 5.74) is 1.45. The lowest BCUT2D eigenvalue weighted by Crippen LogP contribution is -2.22. The number of benzene rings is 1. The van der Waals surface area contributed by atoms with Crippen molar-refractivity contribution in [2.24, 2.45) is 0 Å². The largest absolute Gasteiger partial charge is 0.359 e. The van der Waals surface area contributed by atoms with E-state index in [1.165, 1.54) is 0 Å². The van der Waals surface area contributed by atoms with Gasteiger partial charge in [0.15, 0.2) is 5.76 Å². The first kappa shape index (κ1) is 10.4. The van der Waals surface area contributed by atoms with Crippen LogP contribution in [0.15, 0.2) is 40.9 Å². The molecular formula is C12H12N2O2. The third-order valence-corrected chi connectivity index (χ3v) is 2.14. The van der Waals surface area contributed by atoms with Gasteiger partial charge < -0.3 is 9.84 Å². The number of aromatic nitrogens is 1. The quantitative estimate of drug-likeness (QED) is 0.852. The summed E-state index contributed by atoms with van der Waals surface area (Å²) in [4.78, 5) is 11.7. The maximum Gasteiger partial charge on any atom is 0.251 e. The van der Waals surface area contributed by atoms with E-state index >= 15 is 0 Å². The van der Waals surface area contributed by atoms with E-state index in [2.05, 4.69) is 10.5 Å². The molecule has 2 rings (SSSR count). The molecule has 0 fully saturated rings. The van der Waals surface area contributed by atoms with Crippen LogP contribution in [0.25, 0.3) is 0 Å². The van der Waals surface area contributed by atoms with Crippen molar-refractivity contribution in [3.8, 4) is 0 Å². The molecule has 1 aromatic heterocycles. The van der Waals surface area contributed by atoms with Gasteiger partial charge in [0, 0.05) is 11.6 Å². The molecule has 0 atom stereocenters. The molecule has 0 aliphatic carbocycles. The molecule has 0 aliphatic rings. The van der Waals surface area contributed by atoms with Crippen molar-refractivity contribution < 1.29 is 9.32 Å². The van der Waals surface area contributed by atoms with Gasteiger partial charge in [-0.1, -0.05) is 23.4 Å². The van der Waals surface area contributed by atoms with Crippen LogP contribution in [0.5, 0.6) is 0 Å². The Bertz CT molecular complexity index is 477. The van der Waals surface area contributed by atoms with Crippen molar-refractivity contribution in [1.82, 2.24) is 10.5 Å². The van der Waals surface area contributed by atoms with Crippen molar-refractivity contribution in [3.63, 3.8) is 0 Å². The minimum absolute atomic E-state index is 0.116. The summed E-state index contributed by atoms with van der Waals surface area (Å²) < 4.78 is 4.99. The number of nitrogens with one attached hydrogen (secondary N) is 1. The Morgan fingerprint density at radius 2 is 2.12 bits per heavy atom. The summed E-state index contributed by atoms with van der Waals surface area (Å²) in [6, 6.07) is 10.9. The Kier molecular flexibility index (Phi) is 3.00. The smallest absolute Gasteiger partial charge is 0.251 e. The molecule has 1 N–H and O–H groups in total. The van der Waals surface area contributed by atoms with E-state index in [-0.39, 0.29) is 5.91 Å². The van der Waals surface area contributed by atoms with Crippen LogP contribution in [0.3, 0.4) is 0 Å². The second-order valence-corrected chi connectivity index (χ2v) is 3.48. The van der Waals surface area contributed by atoms with Crippen molar-refractivity contribution in [1.29, 1.82) is 0 Å². The molecule has 0 aliphatic heterocycles. The molecule has 2 aromatic rings. The third kappa shape index (κ3) is 2.48. The maximum atomic E-state index is 11.7. The standard InChI is InChI=1S/C12H12N2O2/c1-9-7-11(16-14-9)8-13-12(15)10-5-3-2-4-6-10/h2-7H,8H2,1H3,(H,13,15). The van der Waals surface area contributed by atoms with Gasteiger partial charge in [0.1, 0.15) is 0 Å². The van der Waals surface area contributed by atoms with E-state index in [4.69, 9.17) is 4.52 Å². The molecule has 82 valence electrons. The van der Waals surface area contributed by atoms with Crippen molar-refractivity contribution in [2.75, 3.05) is 0 Å². The van der Waals surface area contributed by atoms with Crippen LogP contribution in [0, 0.1) is 6.92 Å². The van der Waals surface area contributed by atoms with Gasteiger partial charge in [-0.15, -0.1) is 0 Å². The summed E-state index contributed by atoms with van der Waals surface area (Å²) in [6.45, 7) is 2.20. The summed E-state index contributed by atoms with van der Waals surface area (Å²) >= 11 is 0. The highest BCUT2D eigenvalue weighted by atomic mass is 16.5. The molecule has 1 aromatic carbocycles. The molecule has 0 bridgehead atoms. The van der Waals surface area contributed by atoms with E-state index in [1.54, 1.807) is 18.2 Å². The first-order valence-corrected chi connectivity index (χ1v) is 5.01. The average Bonchev–Trinajstić information content (AvgIpc) is 2.73. The Hall–Kier alpha value is -2.10. The lowest BCUT2D eigenvalue weighted by Gasteiger charge is -2.01. The minimum atomic E-state index is -0.116. The number of amides is 1. The van der Waals surface area contributed by atoms with Gasteiger partial charge in [-0.3, -0.25) is 4.79 Å². The van der Waals surface area contributed by atoms with Crippen LogP contribution in [-0.4, -0.2) is 11.1 Å². The summed E-state index contributed by atoms with van der Waals surface area (Å²) in [5, 5.41) is 6.50. The van der Waals surface area contributed by atoms with Crippen molar-refractivity contribution >= 4 is 5.91 Å². The summed E-state index contributed by atoms with van der Waals surface area (Å²) in [7, 11) is 0. The molecule has 0 unspecified atom stereocenters. The van der Waals surface area contributed by atoms with Crippen molar-refractivity contribution in [3.05, 3.63) is 53.4 Å². The van der Waals surface area contributed by atoms with Crippen LogP contribution < -0.4 is 5.32 Å². The van der Waals surface area contributed by atoms with Gasteiger partial charge >= 0.3 is 0 Å². The van der Waals surface area contributed by atoms with Crippen LogP contribution in [0.4, 0.5) is 0 Å². The molecule has 1 heterocycles. The van der Waals surface area contributed by atoms with Gasteiger partial charge in [-0.2, -0.15) is 0 Å². The zero-order valence-electron chi connectivity index (χ0n) is 8.93. The van der Waals surface area contributed by atoms with E-state index in [9.17, 15) is 4.79 Å². The lowest BCUT2D eigenvalue weighted by molar-refractivity contribution is 0.0947. The second kappa shape index (κ2) is 4.61. The summed E-state index contributed by atoms with van der Waals surface area (Å²) in [5.74, 6) is 0.538. The molecule has 0 radical (unpaired) electrons. The lowest BCUT2D eigenvalue weighted by atomic mass is 10.2. The highest BCUT2D eigenvalue weighted by Gasteiger charge is 2.06. The van der Waals surface area contributed by atoms with Gasteiger partial charge in [0.2, 0.25) is 0 Å². The number of aryl methyl sites for hydroxylation is 1. The third-order valence-electron chi connectivity index (χ3n) is 2.14. The average molecular weight is 216 g/mol. The van der Waals surface area contributed by atoms with Gasteiger partial charge in [-0.05, 0) is 19.1 Å². The van der Waals surface area contributed by atoms with E-state index in [1.807, 2.05) is 25.1 Å². The number of carbonyl (C=O) groups is 1. The van der Waals surface area contributed by atoms with Gasteiger partial charge in [0.25, 0.3) is 5.91 Å². The highest BCUT2D eigenvalue weighted by molar-refractivity contribution is 5.93. The van der Waals surface area contributed by atoms with Crippen LogP contribution in [0.1, 0.15) is 21.8 Å². The fourth-order valence-electron chi connectivity index (χ4n) is 1.36. The molecule has 0 saturated heterocycles. The monoisotopic (exact) mass is 216 g/mol. The van der Waals surface area contributed by atoms with E-state index in [0.717, 1.165) is 5.69 Å². The second-order valence-electron chi connectivity index (χ2n) is 3.48. The van der Waals surface area contributed by atoms with Crippen LogP contribution >= 0.6 is 0 Å². The normalized spacial score (nSPS) is 10.1. The Morgan fingerprint density at radius 3 is 2.75 bits per heavy atom. The number of hydrogen-bond acceptors (Lipinski definition) is 3. The zero-order valence-corrected chi connectivity index (χ0v) is 8.93. The summed E-state index contributed by atoms with van der Waals surface area (Å²) in [6.07, 6.45) is 0. The molecule has 1 amide bonds. The molecule has 4 nitrogen and oxygen atoms in total. The molecular weight excluding hydrogens is 204 g/mol. The minimum Gasteiger partial charge on any atom is -0.359 e. The Morgan fingerprint density at radius 1 is 1.38 bits per heavy atom. The Balaban J connectivity index is 1.94. The SMILES string of the molecule is Cc1cc(CNC(=O)c2ccccc2)on1. The maximum absolute atomic E-state index is 11.7. The van der Waals surface area contributed by atoms with Crippen LogP contribution in [0.2, 0.25) is 0 Å². The van der Waals surface area contributed by atoms with Crippen LogP contribution in [-0.2, 0) is 6.54 Å². The van der Waals surface area contributed by atoms with E-state index < -0.39 is 0 Å². The molecule has 16 heavy (non-hydrogen) atoms. The molecule has 0 saturated carbocycles. The predicted octanol–water partition coefficient (Wildman–Crippen LogP) is 1.91. The van der Waals surface area contributed by atoms with Crippen molar-refractivity contribution in [2.45, 2.75) is 13.5 Å². The number of nitrogens with zero attached hydrogens (tertiary/aromatic N) is 1. The topological polar surface area (TPSA) is 55.1 Å². The highest BCUT2D eigenvalue weighted by Crippen LogP contribution is 2.03. The Labute approximate surface area is 93.3 Å². The van der Waals surface area contributed by atoms with Gasteiger partial charge in [-0.25, -0.2) is 0 Å². The molecule has 0 spiro atoms. The first-order chi connectivity index (χ1) is 7.75. The fraction of sp³-hybridized carbons (Fsp3) is 0.167. The first-order valence-electron chi connectivity index (χ1n) is 5.01. The fourth-order valence-corrected chi connectivity index (χ4v) is 1.36. The van der Waals surface area contributed by atoms with E-state index in [0.29, 0.717) is 17.9 Å².